The molecule has 0 bridgehead atoms. The number of benzene rings is 1. The molecule has 3 rings (SSSR count). The molecule has 0 spiro atoms. The van der Waals surface area contributed by atoms with Gasteiger partial charge >= 0.3 is 0 Å². The third-order valence-electron chi connectivity index (χ3n) is 3.75. The minimum absolute atomic E-state index is 0.629. The average molecular weight is 242 g/mol. The van der Waals surface area contributed by atoms with Crippen LogP contribution in [0, 0.1) is 0 Å². The first-order chi connectivity index (χ1) is 8.35. The van der Waals surface area contributed by atoms with Crippen molar-refractivity contribution in [2.75, 3.05) is 0 Å². The molecule has 1 aromatic heterocycles. The van der Waals surface area contributed by atoms with E-state index in [0.29, 0.717) is 0 Å². The molecular weight excluding hydrogens is 226 g/mol. The zero-order chi connectivity index (χ0) is 13.1. The second kappa shape index (κ2) is 3.28. The highest BCUT2D eigenvalue weighted by Gasteiger charge is 2.52. The predicted octanol–water partition coefficient (Wildman–Crippen LogP) is 2.76. The number of rotatable bonds is 0. The van der Waals surface area contributed by atoms with E-state index in [-0.39, 0.29) is 0 Å². The minimum atomic E-state index is -0.629. The average Bonchev–Trinajstić information content (AvgIpc) is 2.47. The Morgan fingerprint density at radius 2 is 1.28 bits per heavy atom. The van der Waals surface area contributed by atoms with Gasteiger partial charge in [-0.15, -0.1) is 10.3 Å². The summed E-state index contributed by atoms with van der Waals surface area (Å²) in [5, 5.41) is 13.5. The minimum Gasteiger partial charge on any atom is -0.247 e. The van der Waals surface area contributed by atoms with Crippen molar-refractivity contribution in [2.24, 2.45) is 0 Å². The van der Waals surface area contributed by atoms with Gasteiger partial charge in [0, 0.05) is 0 Å². The monoisotopic (exact) mass is 242 g/mol. The molecule has 0 atom stereocenters. The summed E-state index contributed by atoms with van der Waals surface area (Å²) in [7, 11) is 0. The van der Waals surface area contributed by atoms with Crippen LogP contribution in [0.25, 0.3) is 11.0 Å². The summed E-state index contributed by atoms with van der Waals surface area (Å²) in [6.45, 7) is 7.60. The lowest BCUT2D eigenvalue weighted by atomic mass is 10.00. The summed E-state index contributed by atoms with van der Waals surface area (Å²) < 4.78 is 0. The molecule has 18 heavy (non-hydrogen) atoms. The van der Waals surface area contributed by atoms with Gasteiger partial charge in [-0.3, -0.25) is 0 Å². The molecule has 4 nitrogen and oxygen atoms in total. The molecule has 0 saturated carbocycles. The van der Waals surface area contributed by atoms with Crippen LogP contribution < -0.4 is 0 Å². The van der Waals surface area contributed by atoms with Crippen LogP contribution in [0.1, 0.15) is 39.1 Å². The fourth-order valence-electron chi connectivity index (χ4n) is 2.74. The second-order valence-electron chi connectivity index (χ2n) is 5.82. The van der Waals surface area contributed by atoms with Crippen LogP contribution in [-0.4, -0.2) is 15.0 Å². The number of hydrogen-bond donors (Lipinski definition) is 0. The molecule has 0 amide bonds. The van der Waals surface area contributed by atoms with Crippen molar-refractivity contribution in [3.63, 3.8) is 0 Å². The maximum atomic E-state index is 12.4. The largest absolute Gasteiger partial charge is 0.247 e. The Hall–Kier alpha value is -1.52. The van der Waals surface area contributed by atoms with E-state index in [9.17, 15) is 5.21 Å². The Labute approximate surface area is 106 Å². The van der Waals surface area contributed by atoms with Gasteiger partial charge in [-0.1, -0.05) is 12.1 Å². The molecule has 0 saturated heterocycles. The molecule has 93 valence electrons. The standard InChI is InChI=1S/C14H16N3O/c1-13(2)11-12(14(3,4)17(13)18)16-10-8-6-5-7-9(10)15-11/h5-8H,1-4H3. The molecule has 1 aromatic carbocycles. The fraction of sp³-hybridized carbons (Fsp3) is 0.429. The van der Waals surface area contributed by atoms with Crippen molar-refractivity contribution < 1.29 is 5.21 Å². The fourth-order valence-corrected chi connectivity index (χ4v) is 2.74. The molecule has 0 fully saturated rings. The van der Waals surface area contributed by atoms with Crippen molar-refractivity contribution in [1.82, 2.24) is 15.0 Å². The van der Waals surface area contributed by atoms with E-state index >= 15 is 0 Å². The maximum Gasteiger partial charge on any atom is 0.0891 e. The molecule has 1 aliphatic rings. The van der Waals surface area contributed by atoms with Gasteiger partial charge in [-0.25, -0.2) is 9.97 Å². The topological polar surface area (TPSA) is 48.9 Å². The number of nitrogens with zero attached hydrogens (tertiary/aromatic N) is 3. The Balaban J connectivity index is 2.38. The van der Waals surface area contributed by atoms with Crippen LogP contribution >= 0.6 is 0 Å². The number of hydroxylamine groups is 2. The van der Waals surface area contributed by atoms with Crippen molar-refractivity contribution in [3.05, 3.63) is 35.7 Å². The molecule has 2 aromatic rings. The predicted molar refractivity (Wildman–Crippen MR) is 68.1 cm³/mol. The first-order valence-corrected chi connectivity index (χ1v) is 6.10. The van der Waals surface area contributed by atoms with Gasteiger partial charge < -0.3 is 0 Å². The van der Waals surface area contributed by atoms with Gasteiger partial charge in [0.25, 0.3) is 0 Å². The molecular formula is C14H16N3O. The van der Waals surface area contributed by atoms with Crippen molar-refractivity contribution in [1.29, 1.82) is 0 Å². The highest BCUT2D eigenvalue weighted by atomic mass is 16.5. The van der Waals surface area contributed by atoms with Crippen LogP contribution in [0.4, 0.5) is 0 Å². The van der Waals surface area contributed by atoms with E-state index in [0.717, 1.165) is 27.5 Å². The highest BCUT2D eigenvalue weighted by Crippen LogP contribution is 2.46. The van der Waals surface area contributed by atoms with Crippen molar-refractivity contribution in [2.45, 2.75) is 38.8 Å². The van der Waals surface area contributed by atoms with Gasteiger partial charge in [0.15, 0.2) is 0 Å². The lowest BCUT2D eigenvalue weighted by molar-refractivity contribution is -0.267. The summed E-state index contributed by atoms with van der Waals surface area (Å²) in [5.74, 6) is 0. The first kappa shape index (κ1) is 11.6. The Bertz CT molecular complexity index is 579. The van der Waals surface area contributed by atoms with E-state index in [4.69, 9.17) is 0 Å². The molecule has 0 aliphatic carbocycles. The third kappa shape index (κ3) is 1.27. The number of fused-ring (bicyclic) bond motifs is 2. The van der Waals surface area contributed by atoms with Crippen molar-refractivity contribution >= 4 is 11.0 Å². The van der Waals surface area contributed by atoms with E-state index in [1.807, 2.05) is 52.0 Å². The van der Waals surface area contributed by atoms with Crippen LogP contribution in [-0.2, 0) is 16.3 Å². The highest BCUT2D eigenvalue weighted by molar-refractivity contribution is 5.74. The summed E-state index contributed by atoms with van der Waals surface area (Å²) >= 11 is 0. The first-order valence-electron chi connectivity index (χ1n) is 6.10. The summed E-state index contributed by atoms with van der Waals surface area (Å²) in [5.41, 5.74) is 2.01. The second-order valence-corrected chi connectivity index (χ2v) is 5.82. The molecule has 0 unspecified atom stereocenters. The van der Waals surface area contributed by atoms with E-state index in [2.05, 4.69) is 9.97 Å². The zero-order valence-electron chi connectivity index (χ0n) is 11.1. The van der Waals surface area contributed by atoms with Crippen LogP contribution in [0.5, 0.6) is 0 Å². The quantitative estimate of drug-likeness (QED) is 0.713. The molecule has 1 aliphatic heterocycles. The van der Waals surface area contributed by atoms with E-state index in [1.54, 1.807) is 0 Å². The Kier molecular flexibility index (Phi) is 2.10. The van der Waals surface area contributed by atoms with Crippen LogP contribution in [0.2, 0.25) is 0 Å². The van der Waals surface area contributed by atoms with Gasteiger partial charge in [0.05, 0.1) is 33.5 Å². The summed E-state index contributed by atoms with van der Waals surface area (Å²) in [6, 6.07) is 7.73. The molecule has 2 heterocycles. The normalized spacial score (nSPS) is 21.2. The molecule has 1 radical (unpaired) electrons. The number of para-hydroxylation sites is 2. The Morgan fingerprint density at radius 1 is 0.889 bits per heavy atom. The van der Waals surface area contributed by atoms with Gasteiger partial charge in [0.1, 0.15) is 0 Å². The van der Waals surface area contributed by atoms with Crippen molar-refractivity contribution in [3.8, 4) is 0 Å². The smallest absolute Gasteiger partial charge is 0.0891 e. The summed E-state index contributed by atoms with van der Waals surface area (Å²) in [4.78, 5) is 9.30. The zero-order valence-corrected chi connectivity index (χ0v) is 11.1. The lowest BCUT2D eigenvalue weighted by Gasteiger charge is -2.31. The third-order valence-corrected chi connectivity index (χ3v) is 3.75. The number of aromatic nitrogens is 2. The Morgan fingerprint density at radius 3 is 1.67 bits per heavy atom. The maximum absolute atomic E-state index is 12.4. The van der Waals surface area contributed by atoms with E-state index < -0.39 is 11.1 Å². The van der Waals surface area contributed by atoms with Gasteiger partial charge in [0.2, 0.25) is 0 Å². The molecule has 0 N–H and O–H groups in total. The van der Waals surface area contributed by atoms with Gasteiger partial charge in [-0.05, 0) is 39.8 Å². The lowest BCUT2D eigenvalue weighted by Crippen LogP contribution is -2.41. The molecule has 4 heteroatoms. The van der Waals surface area contributed by atoms with Crippen LogP contribution in [0.15, 0.2) is 24.3 Å². The van der Waals surface area contributed by atoms with E-state index in [1.165, 1.54) is 0 Å². The SMILES string of the molecule is CC1(C)c2nc3ccccc3nc2C(C)(C)N1[O]. The summed E-state index contributed by atoms with van der Waals surface area (Å²) in [6.07, 6.45) is 0. The van der Waals surface area contributed by atoms with Crippen LogP contribution in [0.3, 0.4) is 0 Å². The van der Waals surface area contributed by atoms with Gasteiger partial charge in [-0.2, -0.15) is 0 Å². The number of hydrogen-bond acceptors (Lipinski definition) is 3.